The van der Waals surface area contributed by atoms with Crippen molar-refractivity contribution in [2.45, 2.75) is 45.9 Å². The molecule has 0 fully saturated rings. The van der Waals surface area contributed by atoms with Crippen molar-refractivity contribution in [3.05, 3.63) is 52.3 Å². The van der Waals surface area contributed by atoms with Gasteiger partial charge in [0.05, 0.1) is 31.6 Å². The second kappa shape index (κ2) is 8.81. The third-order valence-electron chi connectivity index (χ3n) is 4.63. The van der Waals surface area contributed by atoms with Crippen LogP contribution < -0.4 is 5.32 Å². The number of rotatable bonds is 7. The van der Waals surface area contributed by atoms with Crippen molar-refractivity contribution in [2.75, 3.05) is 13.7 Å². The van der Waals surface area contributed by atoms with Crippen molar-refractivity contribution in [1.82, 2.24) is 15.1 Å². The number of methoxy groups -OCH3 is 1. The molecule has 27 heavy (non-hydrogen) atoms. The molecule has 1 aromatic heterocycles. The van der Waals surface area contributed by atoms with E-state index < -0.39 is 5.97 Å². The average Bonchev–Trinajstić information content (AvgIpc) is 3.06. The molecule has 7 nitrogen and oxygen atoms in total. The zero-order chi connectivity index (χ0) is 19.2. The fraction of sp³-hybridized carbons (Fsp3) is 0.450. The molecule has 1 aromatic carbocycles. The van der Waals surface area contributed by atoms with Crippen molar-refractivity contribution >= 4 is 11.9 Å². The molecular formula is C20H25N3O4. The quantitative estimate of drug-likeness (QED) is 0.754. The summed E-state index contributed by atoms with van der Waals surface area (Å²) < 4.78 is 12.2. The molecule has 1 aliphatic rings. The van der Waals surface area contributed by atoms with Gasteiger partial charge in [-0.3, -0.25) is 9.48 Å². The summed E-state index contributed by atoms with van der Waals surface area (Å²) in [6, 6.07) is 7.97. The maximum atomic E-state index is 12.2. The predicted molar refractivity (Wildman–Crippen MR) is 99.2 cm³/mol. The molecule has 144 valence electrons. The number of nitrogens with zero attached hydrogens (tertiary/aromatic N) is 2. The lowest BCUT2D eigenvalue weighted by atomic mass is 10.0. The first kappa shape index (κ1) is 19.1. The van der Waals surface area contributed by atoms with Gasteiger partial charge in [-0.1, -0.05) is 29.8 Å². The van der Waals surface area contributed by atoms with E-state index in [2.05, 4.69) is 10.4 Å². The molecule has 0 radical (unpaired) electrons. The minimum absolute atomic E-state index is 0.0466. The van der Waals surface area contributed by atoms with E-state index in [4.69, 9.17) is 9.47 Å². The lowest BCUT2D eigenvalue weighted by Crippen LogP contribution is -2.28. The van der Waals surface area contributed by atoms with Gasteiger partial charge in [-0.05, 0) is 31.7 Å². The number of hydrogen-bond acceptors (Lipinski definition) is 5. The molecule has 2 aromatic rings. The molecule has 0 bridgehead atoms. The highest BCUT2D eigenvalue weighted by molar-refractivity contribution is 5.92. The zero-order valence-electron chi connectivity index (χ0n) is 15.8. The van der Waals surface area contributed by atoms with Crippen molar-refractivity contribution in [1.29, 1.82) is 0 Å². The third kappa shape index (κ3) is 4.74. The average molecular weight is 371 g/mol. The molecule has 0 spiro atoms. The highest BCUT2D eigenvalue weighted by atomic mass is 16.5. The molecule has 3 rings (SSSR count). The standard InChI is InChI=1S/C20H25N3O4/c1-14-6-8-15(9-7-14)12-27-13-18(24)21-11-16-19(20(25)26-2)17-5-3-4-10-23(17)22-16/h6-9H,3-5,10-13H2,1-2H3,(H,21,24). The van der Waals surface area contributed by atoms with E-state index in [1.54, 1.807) is 0 Å². The lowest BCUT2D eigenvalue weighted by Gasteiger charge is -2.13. The van der Waals surface area contributed by atoms with Gasteiger partial charge in [-0.25, -0.2) is 4.79 Å². The first-order chi connectivity index (χ1) is 13.1. The molecule has 2 heterocycles. The summed E-state index contributed by atoms with van der Waals surface area (Å²) in [5, 5.41) is 7.26. The normalized spacial score (nSPS) is 13.1. The number of amides is 1. The summed E-state index contributed by atoms with van der Waals surface area (Å²) in [5.41, 5.74) is 4.13. The first-order valence-corrected chi connectivity index (χ1v) is 9.15. The van der Waals surface area contributed by atoms with Gasteiger partial charge in [-0.2, -0.15) is 5.10 Å². The minimum atomic E-state index is -0.405. The molecule has 0 aliphatic carbocycles. The van der Waals surface area contributed by atoms with E-state index in [1.165, 1.54) is 12.7 Å². The van der Waals surface area contributed by atoms with Crippen LogP contribution in [0.3, 0.4) is 0 Å². The molecule has 1 aliphatic heterocycles. The van der Waals surface area contributed by atoms with Gasteiger partial charge in [0.1, 0.15) is 12.2 Å². The Bertz CT molecular complexity index is 811. The van der Waals surface area contributed by atoms with E-state index in [1.807, 2.05) is 35.9 Å². The van der Waals surface area contributed by atoms with Crippen LogP contribution in [0.25, 0.3) is 0 Å². The second-order valence-electron chi connectivity index (χ2n) is 6.70. The number of benzene rings is 1. The maximum absolute atomic E-state index is 12.2. The Morgan fingerprint density at radius 2 is 2.00 bits per heavy atom. The van der Waals surface area contributed by atoms with Crippen LogP contribution in [0.15, 0.2) is 24.3 Å². The summed E-state index contributed by atoms with van der Waals surface area (Å²) in [5.74, 6) is -0.651. The third-order valence-corrected chi connectivity index (χ3v) is 4.63. The second-order valence-corrected chi connectivity index (χ2v) is 6.70. The van der Waals surface area contributed by atoms with Crippen LogP contribution >= 0.6 is 0 Å². The fourth-order valence-electron chi connectivity index (χ4n) is 3.19. The van der Waals surface area contributed by atoms with Crippen molar-refractivity contribution in [3.8, 4) is 0 Å². The van der Waals surface area contributed by atoms with Gasteiger partial charge in [-0.15, -0.1) is 0 Å². The first-order valence-electron chi connectivity index (χ1n) is 9.15. The summed E-state index contributed by atoms with van der Waals surface area (Å²) >= 11 is 0. The Kier molecular flexibility index (Phi) is 6.24. The van der Waals surface area contributed by atoms with Gasteiger partial charge in [0.15, 0.2) is 0 Å². The Labute approximate surface area is 158 Å². The summed E-state index contributed by atoms with van der Waals surface area (Å²) in [6.45, 7) is 3.31. The maximum Gasteiger partial charge on any atom is 0.341 e. The van der Waals surface area contributed by atoms with E-state index in [9.17, 15) is 9.59 Å². The number of carbonyl (C=O) groups excluding carboxylic acids is 2. The molecule has 0 atom stereocenters. The largest absolute Gasteiger partial charge is 0.465 e. The summed E-state index contributed by atoms with van der Waals surface area (Å²) in [6.07, 6.45) is 2.85. The lowest BCUT2D eigenvalue weighted by molar-refractivity contribution is -0.126. The van der Waals surface area contributed by atoms with Crippen molar-refractivity contribution < 1.29 is 19.1 Å². The van der Waals surface area contributed by atoms with E-state index in [-0.39, 0.29) is 19.1 Å². The van der Waals surface area contributed by atoms with Gasteiger partial charge >= 0.3 is 5.97 Å². The minimum Gasteiger partial charge on any atom is -0.465 e. The van der Waals surface area contributed by atoms with Crippen LogP contribution in [0, 0.1) is 6.92 Å². The Hall–Kier alpha value is -2.67. The molecule has 0 saturated carbocycles. The molecule has 1 N–H and O–H groups in total. The van der Waals surface area contributed by atoms with Crippen molar-refractivity contribution in [2.24, 2.45) is 0 Å². The zero-order valence-corrected chi connectivity index (χ0v) is 15.8. The summed E-state index contributed by atoms with van der Waals surface area (Å²) in [4.78, 5) is 24.2. The van der Waals surface area contributed by atoms with Crippen molar-refractivity contribution in [3.63, 3.8) is 0 Å². The molecule has 0 saturated heterocycles. The SMILES string of the molecule is COC(=O)c1c(CNC(=O)COCc2ccc(C)cc2)nn2c1CCCC2. The molecule has 1 amide bonds. The van der Waals surface area contributed by atoms with Crippen LogP contribution in [-0.2, 0) is 40.4 Å². The topological polar surface area (TPSA) is 82.4 Å². The van der Waals surface area contributed by atoms with E-state index >= 15 is 0 Å². The summed E-state index contributed by atoms with van der Waals surface area (Å²) in [7, 11) is 1.36. The molecule has 0 unspecified atom stereocenters. The highest BCUT2D eigenvalue weighted by Crippen LogP contribution is 2.22. The van der Waals surface area contributed by atoms with Gasteiger partial charge in [0, 0.05) is 6.54 Å². The number of aromatic nitrogens is 2. The number of hydrogen-bond donors (Lipinski definition) is 1. The molecular weight excluding hydrogens is 346 g/mol. The Morgan fingerprint density at radius 3 is 2.74 bits per heavy atom. The Balaban J connectivity index is 1.54. The number of fused-ring (bicyclic) bond motifs is 1. The van der Waals surface area contributed by atoms with Crippen LogP contribution in [0.1, 0.15) is 45.7 Å². The van der Waals surface area contributed by atoms with E-state index in [0.717, 1.165) is 37.1 Å². The van der Waals surface area contributed by atoms with E-state index in [0.29, 0.717) is 17.9 Å². The smallest absolute Gasteiger partial charge is 0.341 e. The monoisotopic (exact) mass is 371 g/mol. The number of esters is 1. The van der Waals surface area contributed by atoms with Gasteiger partial charge in [0.25, 0.3) is 0 Å². The number of ether oxygens (including phenoxy) is 2. The van der Waals surface area contributed by atoms with Crippen LogP contribution in [0.4, 0.5) is 0 Å². The van der Waals surface area contributed by atoms with Gasteiger partial charge in [0.2, 0.25) is 5.91 Å². The van der Waals surface area contributed by atoms with Crippen LogP contribution in [0.5, 0.6) is 0 Å². The van der Waals surface area contributed by atoms with Crippen LogP contribution in [-0.4, -0.2) is 35.4 Å². The highest BCUT2D eigenvalue weighted by Gasteiger charge is 2.26. The van der Waals surface area contributed by atoms with Gasteiger partial charge < -0.3 is 14.8 Å². The predicted octanol–water partition coefficient (Wildman–Crippen LogP) is 2.15. The number of carbonyl (C=O) groups is 2. The Morgan fingerprint density at radius 1 is 1.22 bits per heavy atom. The number of nitrogens with one attached hydrogen (secondary N) is 1. The van der Waals surface area contributed by atoms with Crippen LogP contribution in [0.2, 0.25) is 0 Å². The fourth-order valence-corrected chi connectivity index (χ4v) is 3.19. The molecule has 7 heteroatoms. The number of aryl methyl sites for hydroxylation is 2.